The van der Waals surface area contributed by atoms with E-state index in [1.165, 1.54) is 4.70 Å². The average molecular weight is 349 g/mol. The molecule has 6 nitrogen and oxygen atoms in total. The second-order valence-corrected chi connectivity index (χ2v) is 6.34. The van der Waals surface area contributed by atoms with Gasteiger partial charge in [0, 0.05) is 27.6 Å². The molecule has 0 aliphatic rings. The summed E-state index contributed by atoms with van der Waals surface area (Å²) in [7, 11) is 0. The van der Waals surface area contributed by atoms with E-state index in [0.717, 1.165) is 16.6 Å². The number of carbonyl (C=O) groups excluding carboxylic acids is 1. The number of urea groups is 1. The van der Waals surface area contributed by atoms with Gasteiger partial charge in [0.1, 0.15) is 11.3 Å². The molecule has 2 N–H and O–H groups in total. The van der Waals surface area contributed by atoms with Crippen molar-refractivity contribution in [2.24, 2.45) is 0 Å². The van der Waals surface area contributed by atoms with Gasteiger partial charge in [0.15, 0.2) is 5.65 Å². The largest absolute Gasteiger partial charge is 0.338 e. The maximum atomic E-state index is 11.7. The highest BCUT2D eigenvalue weighted by molar-refractivity contribution is 7.17. The molecule has 0 saturated carbocycles. The van der Waals surface area contributed by atoms with Crippen LogP contribution in [0.25, 0.3) is 32.5 Å². The fourth-order valence-electron chi connectivity index (χ4n) is 2.59. The van der Waals surface area contributed by atoms with Crippen molar-refractivity contribution in [1.29, 1.82) is 0 Å². The third-order valence-electron chi connectivity index (χ3n) is 3.74. The van der Waals surface area contributed by atoms with Crippen LogP contribution >= 0.6 is 11.3 Å². The molecule has 2 amide bonds. The molecule has 3 heterocycles. The van der Waals surface area contributed by atoms with Gasteiger partial charge in [-0.25, -0.2) is 14.8 Å². The van der Waals surface area contributed by atoms with Gasteiger partial charge < -0.3 is 5.32 Å². The summed E-state index contributed by atoms with van der Waals surface area (Å²) in [6, 6.07) is 11.4. The van der Waals surface area contributed by atoms with E-state index in [2.05, 4.69) is 43.1 Å². The first kappa shape index (κ1) is 15.5. The van der Waals surface area contributed by atoms with Gasteiger partial charge in [-0.05, 0) is 25.1 Å². The molecule has 4 rings (SSSR count). The molecule has 0 saturated heterocycles. The van der Waals surface area contributed by atoms with Crippen LogP contribution in [0.3, 0.4) is 0 Å². The molecule has 0 unspecified atom stereocenters. The smallest absolute Gasteiger partial charge is 0.320 e. The molecule has 0 fully saturated rings. The van der Waals surface area contributed by atoms with Crippen LogP contribution in [0.4, 0.5) is 10.6 Å². The molecule has 0 aliphatic heterocycles. The highest BCUT2D eigenvalue weighted by Crippen LogP contribution is 2.32. The van der Waals surface area contributed by atoms with E-state index >= 15 is 0 Å². The number of nitrogens with one attached hydrogen (secondary N) is 2. The Balaban J connectivity index is 1.75. The van der Waals surface area contributed by atoms with Crippen LogP contribution in [0, 0.1) is 0 Å². The van der Waals surface area contributed by atoms with Gasteiger partial charge in [-0.2, -0.15) is 0 Å². The number of carbonyl (C=O) groups is 1. The third kappa shape index (κ3) is 3.01. The zero-order chi connectivity index (χ0) is 17.2. The van der Waals surface area contributed by atoms with E-state index < -0.39 is 0 Å². The SMILES string of the molecule is CCNC(=O)Nc1ccc2ncc(-c3csc4ccccc34)nc2n1. The van der Waals surface area contributed by atoms with Crippen molar-refractivity contribution in [3.63, 3.8) is 0 Å². The molecule has 7 heteroatoms. The lowest BCUT2D eigenvalue weighted by atomic mass is 10.1. The van der Waals surface area contributed by atoms with Crippen LogP contribution in [0.2, 0.25) is 0 Å². The number of pyridine rings is 1. The second kappa shape index (κ2) is 6.45. The highest BCUT2D eigenvalue weighted by Gasteiger charge is 2.10. The van der Waals surface area contributed by atoms with Crippen molar-refractivity contribution in [3.05, 3.63) is 48.0 Å². The number of amides is 2. The summed E-state index contributed by atoms with van der Waals surface area (Å²) in [6.45, 7) is 2.41. The Kier molecular flexibility index (Phi) is 3.99. The summed E-state index contributed by atoms with van der Waals surface area (Å²) in [5.74, 6) is 0.445. The number of aromatic nitrogens is 3. The molecule has 25 heavy (non-hydrogen) atoms. The van der Waals surface area contributed by atoms with E-state index in [4.69, 9.17) is 0 Å². The molecule has 124 valence electrons. The molecule has 4 aromatic rings. The first-order chi connectivity index (χ1) is 12.2. The first-order valence-corrected chi connectivity index (χ1v) is 8.78. The van der Waals surface area contributed by atoms with Crippen LogP contribution in [0.5, 0.6) is 0 Å². The molecule has 0 radical (unpaired) electrons. The number of nitrogens with zero attached hydrogens (tertiary/aromatic N) is 3. The Morgan fingerprint density at radius 2 is 2.04 bits per heavy atom. The zero-order valence-electron chi connectivity index (χ0n) is 13.5. The third-order valence-corrected chi connectivity index (χ3v) is 4.71. The maximum Gasteiger partial charge on any atom is 0.320 e. The predicted octanol–water partition coefficient (Wildman–Crippen LogP) is 4.05. The number of hydrogen-bond donors (Lipinski definition) is 2. The number of fused-ring (bicyclic) bond motifs is 2. The van der Waals surface area contributed by atoms with Gasteiger partial charge in [-0.1, -0.05) is 18.2 Å². The number of hydrogen-bond acceptors (Lipinski definition) is 5. The van der Waals surface area contributed by atoms with Gasteiger partial charge in [0.05, 0.1) is 11.9 Å². The highest BCUT2D eigenvalue weighted by atomic mass is 32.1. The van der Waals surface area contributed by atoms with E-state index in [1.54, 1.807) is 29.7 Å². The average Bonchev–Trinajstić information content (AvgIpc) is 3.05. The molecular weight excluding hydrogens is 334 g/mol. The van der Waals surface area contributed by atoms with Crippen LogP contribution in [-0.4, -0.2) is 27.5 Å². The summed E-state index contributed by atoms with van der Waals surface area (Å²) < 4.78 is 1.21. The lowest BCUT2D eigenvalue weighted by Gasteiger charge is -2.06. The summed E-state index contributed by atoms with van der Waals surface area (Å²) in [4.78, 5) is 25.2. The maximum absolute atomic E-state index is 11.7. The second-order valence-electron chi connectivity index (χ2n) is 5.42. The molecule has 1 aromatic carbocycles. The molecule has 0 aliphatic carbocycles. The Bertz CT molecular complexity index is 1080. The number of anilines is 1. The van der Waals surface area contributed by atoms with Crippen LogP contribution in [-0.2, 0) is 0 Å². The van der Waals surface area contributed by atoms with Gasteiger partial charge in [0.25, 0.3) is 0 Å². The quantitative estimate of drug-likeness (QED) is 0.585. The van der Waals surface area contributed by atoms with Gasteiger partial charge in [-0.15, -0.1) is 11.3 Å². The predicted molar refractivity (Wildman–Crippen MR) is 101 cm³/mol. The summed E-state index contributed by atoms with van der Waals surface area (Å²) in [6.07, 6.45) is 1.76. The number of rotatable bonds is 3. The van der Waals surface area contributed by atoms with Crippen LogP contribution in [0.1, 0.15) is 6.92 Å². The molecule has 0 bridgehead atoms. The van der Waals surface area contributed by atoms with Crippen molar-refractivity contribution in [2.45, 2.75) is 6.92 Å². The van der Waals surface area contributed by atoms with E-state index in [0.29, 0.717) is 23.5 Å². The summed E-state index contributed by atoms with van der Waals surface area (Å²) in [5, 5.41) is 8.59. The minimum atomic E-state index is -0.290. The molecular formula is C18H15N5OS. The van der Waals surface area contributed by atoms with Gasteiger partial charge >= 0.3 is 6.03 Å². The van der Waals surface area contributed by atoms with Crippen LogP contribution in [0.15, 0.2) is 48.0 Å². The molecule has 0 spiro atoms. The van der Waals surface area contributed by atoms with Gasteiger partial charge in [-0.3, -0.25) is 10.3 Å². The van der Waals surface area contributed by atoms with Crippen molar-refractivity contribution >= 4 is 44.4 Å². The molecule has 3 aromatic heterocycles. The van der Waals surface area contributed by atoms with E-state index in [1.807, 2.05) is 19.1 Å². The summed E-state index contributed by atoms with van der Waals surface area (Å²) >= 11 is 1.68. The Morgan fingerprint density at radius 1 is 1.16 bits per heavy atom. The summed E-state index contributed by atoms with van der Waals surface area (Å²) in [5.41, 5.74) is 3.00. The van der Waals surface area contributed by atoms with Crippen molar-refractivity contribution in [1.82, 2.24) is 20.3 Å². The Morgan fingerprint density at radius 3 is 2.92 bits per heavy atom. The minimum absolute atomic E-state index is 0.290. The normalized spacial score (nSPS) is 10.9. The van der Waals surface area contributed by atoms with Crippen molar-refractivity contribution in [2.75, 3.05) is 11.9 Å². The van der Waals surface area contributed by atoms with Crippen LogP contribution < -0.4 is 10.6 Å². The fraction of sp³-hybridized carbons (Fsp3) is 0.111. The Labute approximate surface area is 148 Å². The topological polar surface area (TPSA) is 79.8 Å². The van der Waals surface area contributed by atoms with Gasteiger partial charge in [0.2, 0.25) is 0 Å². The van der Waals surface area contributed by atoms with Crippen molar-refractivity contribution < 1.29 is 4.79 Å². The number of thiophene rings is 1. The lowest BCUT2D eigenvalue weighted by molar-refractivity contribution is 0.252. The van der Waals surface area contributed by atoms with E-state index in [9.17, 15) is 4.79 Å². The van der Waals surface area contributed by atoms with E-state index in [-0.39, 0.29) is 6.03 Å². The minimum Gasteiger partial charge on any atom is -0.338 e. The Hall–Kier alpha value is -3.06. The monoisotopic (exact) mass is 349 g/mol. The standard InChI is InChI=1S/C18H15N5OS/c1-2-19-18(24)23-16-8-7-13-17(22-16)21-14(9-20-13)12-10-25-15-6-4-3-5-11(12)15/h3-10H,2H2,1H3,(H2,19,21,22,23,24). The zero-order valence-corrected chi connectivity index (χ0v) is 14.3. The van der Waals surface area contributed by atoms with Crippen molar-refractivity contribution in [3.8, 4) is 11.3 Å². The number of benzene rings is 1. The first-order valence-electron chi connectivity index (χ1n) is 7.90. The lowest BCUT2D eigenvalue weighted by Crippen LogP contribution is -2.28. The fourth-order valence-corrected chi connectivity index (χ4v) is 3.55. The molecule has 0 atom stereocenters.